The zero-order valence-corrected chi connectivity index (χ0v) is 12.9. The molecule has 0 aliphatic rings. The van der Waals surface area contributed by atoms with Gasteiger partial charge in [0.25, 0.3) is 0 Å². The van der Waals surface area contributed by atoms with E-state index in [4.69, 9.17) is 33.0 Å². The van der Waals surface area contributed by atoms with Crippen LogP contribution in [0.3, 0.4) is 0 Å². The number of rotatable bonds is 3. The first-order valence-corrected chi connectivity index (χ1v) is 7.01. The molecule has 3 rings (SSSR count). The Kier molecular flexibility index (Phi) is 3.68. The van der Waals surface area contributed by atoms with Crippen molar-refractivity contribution in [1.82, 2.24) is 9.38 Å². The molecule has 2 heterocycles. The van der Waals surface area contributed by atoms with E-state index in [1.807, 2.05) is 0 Å². The number of nitrogens with zero attached hydrogens (tertiary/aromatic N) is 2. The minimum Gasteiger partial charge on any atom is -0.496 e. The Balaban J connectivity index is 2.22. The van der Waals surface area contributed by atoms with E-state index in [1.165, 1.54) is 6.20 Å². The summed E-state index contributed by atoms with van der Waals surface area (Å²) >= 11 is 12.4. The van der Waals surface area contributed by atoms with E-state index in [1.54, 1.807) is 42.0 Å². The average Bonchev–Trinajstić information content (AvgIpc) is 2.93. The average molecular weight is 337 g/mol. The van der Waals surface area contributed by atoms with Gasteiger partial charge in [-0.3, -0.25) is 0 Å². The second kappa shape index (κ2) is 5.51. The molecule has 1 aromatic carbocycles. The molecule has 0 amide bonds. The molecule has 0 atom stereocenters. The van der Waals surface area contributed by atoms with Crippen LogP contribution in [-0.4, -0.2) is 27.6 Å². The van der Waals surface area contributed by atoms with Crippen molar-refractivity contribution in [1.29, 1.82) is 0 Å². The Morgan fingerprint density at radius 1 is 1.32 bits per heavy atom. The van der Waals surface area contributed by atoms with Gasteiger partial charge in [-0.1, -0.05) is 23.2 Å². The van der Waals surface area contributed by atoms with Crippen molar-refractivity contribution in [2.24, 2.45) is 0 Å². The van der Waals surface area contributed by atoms with Gasteiger partial charge in [0.1, 0.15) is 11.4 Å². The molecule has 1 N–H and O–H groups in total. The predicted octanol–water partition coefficient (Wildman–Crippen LogP) is 4.01. The molecule has 0 spiro atoms. The van der Waals surface area contributed by atoms with Gasteiger partial charge >= 0.3 is 5.97 Å². The number of pyridine rings is 1. The monoisotopic (exact) mass is 336 g/mol. The second-order valence-corrected chi connectivity index (χ2v) is 5.34. The van der Waals surface area contributed by atoms with Crippen molar-refractivity contribution in [3.05, 3.63) is 52.4 Å². The van der Waals surface area contributed by atoms with E-state index in [9.17, 15) is 4.79 Å². The van der Waals surface area contributed by atoms with Gasteiger partial charge in [-0.05, 0) is 29.8 Å². The van der Waals surface area contributed by atoms with Gasteiger partial charge in [0.15, 0.2) is 5.69 Å². The summed E-state index contributed by atoms with van der Waals surface area (Å²) in [6.45, 7) is 0. The van der Waals surface area contributed by atoms with E-state index in [2.05, 4.69) is 4.98 Å². The van der Waals surface area contributed by atoms with Crippen LogP contribution in [-0.2, 0) is 0 Å². The van der Waals surface area contributed by atoms with Crippen LogP contribution in [0.15, 0.2) is 36.7 Å². The van der Waals surface area contributed by atoms with Gasteiger partial charge in [-0.15, -0.1) is 0 Å². The number of fused-ring (bicyclic) bond motifs is 1. The fraction of sp³-hybridized carbons (Fsp3) is 0.0667. The van der Waals surface area contributed by atoms with E-state index in [-0.39, 0.29) is 5.69 Å². The zero-order chi connectivity index (χ0) is 15.9. The van der Waals surface area contributed by atoms with Crippen molar-refractivity contribution in [3.63, 3.8) is 0 Å². The number of halogens is 2. The lowest BCUT2D eigenvalue weighted by Crippen LogP contribution is -1.94. The standard InChI is InChI=1S/C15H10Cl2N2O3/c1-22-11-3-2-9(16)14(17)13(11)8-4-5-19-7-10(15(20)21)18-12(19)6-8/h2-7H,1H3,(H,20,21). The SMILES string of the molecule is COc1ccc(Cl)c(Cl)c1-c1ccn2cc(C(=O)O)nc2c1. The highest BCUT2D eigenvalue weighted by atomic mass is 35.5. The predicted molar refractivity (Wildman–Crippen MR) is 84.2 cm³/mol. The van der Waals surface area contributed by atoms with Crippen LogP contribution in [0.5, 0.6) is 5.75 Å². The fourth-order valence-electron chi connectivity index (χ4n) is 2.21. The maximum Gasteiger partial charge on any atom is 0.356 e. The number of aromatic nitrogens is 2. The number of ether oxygens (including phenoxy) is 1. The van der Waals surface area contributed by atoms with Gasteiger partial charge in [0, 0.05) is 18.0 Å². The second-order valence-electron chi connectivity index (χ2n) is 4.55. The Morgan fingerprint density at radius 2 is 2.09 bits per heavy atom. The van der Waals surface area contributed by atoms with Crippen molar-refractivity contribution in [2.75, 3.05) is 7.11 Å². The van der Waals surface area contributed by atoms with Gasteiger partial charge < -0.3 is 14.2 Å². The van der Waals surface area contributed by atoms with E-state index in [0.717, 1.165) is 5.56 Å². The highest BCUT2D eigenvalue weighted by Crippen LogP contribution is 2.40. The molecule has 0 radical (unpaired) electrons. The molecule has 3 aromatic rings. The van der Waals surface area contributed by atoms with Crippen LogP contribution in [0.25, 0.3) is 16.8 Å². The third-order valence-electron chi connectivity index (χ3n) is 3.24. The molecule has 5 nitrogen and oxygen atoms in total. The first kappa shape index (κ1) is 14.7. The summed E-state index contributed by atoms with van der Waals surface area (Å²) in [4.78, 5) is 15.0. The Hall–Kier alpha value is -2.24. The molecule has 0 saturated carbocycles. The van der Waals surface area contributed by atoms with Crippen LogP contribution in [0.2, 0.25) is 10.0 Å². The van der Waals surface area contributed by atoms with Crippen LogP contribution >= 0.6 is 23.2 Å². The Bertz CT molecular complexity index is 890. The lowest BCUT2D eigenvalue weighted by molar-refractivity contribution is 0.0691. The molecule has 0 fully saturated rings. The number of imidazole rings is 1. The summed E-state index contributed by atoms with van der Waals surface area (Å²) in [7, 11) is 1.54. The van der Waals surface area contributed by atoms with Gasteiger partial charge in [-0.25, -0.2) is 9.78 Å². The number of aromatic carboxylic acids is 1. The van der Waals surface area contributed by atoms with Crippen molar-refractivity contribution < 1.29 is 14.6 Å². The number of carbonyl (C=O) groups is 1. The van der Waals surface area contributed by atoms with Crippen LogP contribution in [0.4, 0.5) is 0 Å². The minimum atomic E-state index is -1.08. The molecule has 112 valence electrons. The number of hydrogen-bond acceptors (Lipinski definition) is 3. The van der Waals surface area contributed by atoms with E-state index >= 15 is 0 Å². The molecule has 22 heavy (non-hydrogen) atoms. The van der Waals surface area contributed by atoms with Gasteiger partial charge in [0.05, 0.1) is 17.2 Å². The summed E-state index contributed by atoms with van der Waals surface area (Å²) in [5.41, 5.74) is 1.84. The van der Waals surface area contributed by atoms with Crippen LogP contribution in [0, 0.1) is 0 Å². The Labute approximate surface area is 135 Å². The first-order chi connectivity index (χ1) is 10.5. The largest absolute Gasteiger partial charge is 0.496 e. The minimum absolute atomic E-state index is 0.0266. The molecule has 0 saturated heterocycles. The zero-order valence-electron chi connectivity index (χ0n) is 11.4. The molecule has 0 bridgehead atoms. The number of carboxylic acids is 1. The molecule has 2 aromatic heterocycles. The van der Waals surface area contributed by atoms with Crippen LogP contribution in [0.1, 0.15) is 10.5 Å². The fourth-order valence-corrected chi connectivity index (χ4v) is 2.64. The van der Waals surface area contributed by atoms with Gasteiger partial charge in [-0.2, -0.15) is 0 Å². The van der Waals surface area contributed by atoms with Crippen LogP contribution < -0.4 is 4.74 Å². The molecule has 0 aliphatic heterocycles. The lowest BCUT2D eigenvalue weighted by Gasteiger charge is -2.12. The number of carboxylic acid groups (broad SMARTS) is 1. The summed E-state index contributed by atoms with van der Waals surface area (Å²) in [5, 5.41) is 9.78. The summed E-state index contributed by atoms with van der Waals surface area (Å²) < 4.78 is 6.95. The lowest BCUT2D eigenvalue weighted by atomic mass is 10.1. The maximum atomic E-state index is 11.0. The number of methoxy groups -OCH3 is 1. The summed E-state index contributed by atoms with van der Waals surface area (Å²) in [6.07, 6.45) is 3.15. The Morgan fingerprint density at radius 3 is 2.77 bits per heavy atom. The van der Waals surface area contributed by atoms with Crippen molar-refractivity contribution in [3.8, 4) is 16.9 Å². The summed E-state index contributed by atoms with van der Waals surface area (Å²) in [5.74, 6) is -0.507. The molecule has 0 aliphatic carbocycles. The van der Waals surface area contributed by atoms with E-state index in [0.29, 0.717) is 27.0 Å². The molecule has 7 heteroatoms. The third-order valence-corrected chi connectivity index (χ3v) is 4.05. The normalized spacial score (nSPS) is 10.9. The number of benzene rings is 1. The molecular weight excluding hydrogens is 327 g/mol. The van der Waals surface area contributed by atoms with Crippen molar-refractivity contribution >= 4 is 34.8 Å². The van der Waals surface area contributed by atoms with Gasteiger partial charge in [0.2, 0.25) is 0 Å². The summed E-state index contributed by atoms with van der Waals surface area (Å²) in [6, 6.07) is 6.90. The number of hydrogen-bond donors (Lipinski definition) is 1. The quantitative estimate of drug-likeness (QED) is 0.784. The molecule has 0 unspecified atom stereocenters. The smallest absolute Gasteiger partial charge is 0.356 e. The van der Waals surface area contributed by atoms with Crippen molar-refractivity contribution in [2.45, 2.75) is 0 Å². The highest BCUT2D eigenvalue weighted by molar-refractivity contribution is 6.44. The van der Waals surface area contributed by atoms with E-state index < -0.39 is 5.97 Å². The topological polar surface area (TPSA) is 63.8 Å². The third kappa shape index (κ3) is 2.38. The highest BCUT2D eigenvalue weighted by Gasteiger charge is 2.15. The molecular formula is C15H10Cl2N2O3. The first-order valence-electron chi connectivity index (χ1n) is 6.25. The maximum absolute atomic E-state index is 11.0.